The van der Waals surface area contributed by atoms with E-state index in [1.54, 1.807) is 12.1 Å². The number of ether oxygens (including phenoxy) is 1. The third-order valence-corrected chi connectivity index (χ3v) is 5.28. The van der Waals surface area contributed by atoms with E-state index in [9.17, 15) is 17.6 Å². The lowest BCUT2D eigenvalue weighted by atomic mass is 9.98. The number of hydrogen-bond donors (Lipinski definition) is 2. The lowest BCUT2D eigenvalue weighted by Crippen LogP contribution is -2.20. The van der Waals surface area contributed by atoms with Gasteiger partial charge in [-0.2, -0.15) is 0 Å². The summed E-state index contributed by atoms with van der Waals surface area (Å²) in [7, 11) is 0. The van der Waals surface area contributed by atoms with Crippen LogP contribution in [0.1, 0.15) is 32.1 Å². The monoisotopic (exact) mass is 447 g/mol. The summed E-state index contributed by atoms with van der Waals surface area (Å²) in [6.45, 7) is 0. The van der Waals surface area contributed by atoms with Crippen molar-refractivity contribution in [3.05, 3.63) is 47.5 Å². The van der Waals surface area contributed by atoms with Gasteiger partial charge in [0.1, 0.15) is 11.3 Å². The van der Waals surface area contributed by atoms with Crippen LogP contribution in [0.4, 0.5) is 29.3 Å². The van der Waals surface area contributed by atoms with E-state index < -0.39 is 23.3 Å². The van der Waals surface area contributed by atoms with Gasteiger partial charge in [-0.3, -0.25) is 0 Å². The van der Waals surface area contributed by atoms with Gasteiger partial charge >= 0.3 is 6.01 Å². The maximum absolute atomic E-state index is 15.0. The molecule has 1 aliphatic rings. The van der Waals surface area contributed by atoms with Gasteiger partial charge in [0.05, 0.1) is 17.3 Å². The average molecular weight is 447 g/mol. The van der Waals surface area contributed by atoms with Gasteiger partial charge in [0, 0.05) is 12.1 Å². The Hall–Kier alpha value is -3.63. The standard InChI is InChI=1S/C21H17F4N5O2/c22-11-8-13(24)15(9-12(11)23)27-21-30-29-20(32-21)19-26-14-6-7-16(17(25)18(14)28-19)31-10-4-2-1-3-5-10/h6-10H,1-5H2,(H,26,28)(H,27,30). The molecule has 1 aliphatic carbocycles. The van der Waals surface area contributed by atoms with Gasteiger partial charge in [0.2, 0.25) is 0 Å². The molecule has 0 unspecified atom stereocenters. The van der Waals surface area contributed by atoms with Crippen LogP contribution in [0.15, 0.2) is 28.7 Å². The first kappa shape index (κ1) is 20.3. The van der Waals surface area contributed by atoms with Crippen molar-refractivity contribution in [1.29, 1.82) is 0 Å². The van der Waals surface area contributed by atoms with Crippen molar-refractivity contribution in [3.8, 4) is 17.5 Å². The van der Waals surface area contributed by atoms with E-state index in [0.717, 1.165) is 32.1 Å². The maximum Gasteiger partial charge on any atom is 0.320 e. The summed E-state index contributed by atoms with van der Waals surface area (Å²) in [6, 6.07) is 3.91. The second-order valence-corrected chi connectivity index (χ2v) is 7.52. The lowest BCUT2D eigenvalue weighted by Gasteiger charge is -2.23. The van der Waals surface area contributed by atoms with Crippen LogP contribution < -0.4 is 10.1 Å². The number of halogens is 4. The molecule has 0 saturated heterocycles. The summed E-state index contributed by atoms with van der Waals surface area (Å²) >= 11 is 0. The van der Waals surface area contributed by atoms with E-state index in [1.807, 2.05) is 0 Å². The van der Waals surface area contributed by atoms with Gasteiger partial charge in [-0.25, -0.2) is 22.5 Å². The molecule has 2 aromatic heterocycles. The highest BCUT2D eigenvalue weighted by Gasteiger charge is 2.21. The molecule has 0 bridgehead atoms. The molecule has 4 aromatic rings. The third kappa shape index (κ3) is 3.85. The zero-order valence-electron chi connectivity index (χ0n) is 16.6. The zero-order chi connectivity index (χ0) is 22.2. The summed E-state index contributed by atoms with van der Waals surface area (Å²) in [6.07, 6.45) is 5.04. The highest BCUT2D eigenvalue weighted by Crippen LogP contribution is 2.31. The predicted octanol–water partition coefficient (Wildman–Crippen LogP) is 5.62. The summed E-state index contributed by atoms with van der Waals surface area (Å²) in [4.78, 5) is 7.06. The van der Waals surface area contributed by atoms with E-state index in [4.69, 9.17) is 9.15 Å². The van der Waals surface area contributed by atoms with Crippen LogP contribution in [0.3, 0.4) is 0 Å². The van der Waals surface area contributed by atoms with Gasteiger partial charge in [-0.05, 0) is 37.8 Å². The summed E-state index contributed by atoms with van der Waals surface area (Å²) in [5, 5.41) is 9.83. The molecular weight excluding hydrogens is 430 g/mol. The van der Waals surface area contributed by atoms with Crippen molar-refractivity contribution in [2.75, 3.05) is 5.32 Å². The molecule has 0 atom stereocenters. The molecule has 0 radical (unpaired) electrons. The number of imidazole rings is 1. The Bertz CT molecular complexity index is 1280. The number of fused-ring (bicyclic) bond motifs is 1. The first-order chi connectivity index (χ1) is 15.5. The van der Waals surface area contributed by atoms with Crippen LogP contribution in [0, 0.1) is 23.3 Å². The van der Waals surface area contributed by atoms with Crippen LogP contribution in [-0.2, 0) is 0 Å². The minimum absolute atomic E-state index is 0.0182. The second-order valence-electron chi connectivity index (χ2n) is 7.52. The Morgan fingerprint density at radius 2 is 1.75 bits per heavy atom. The Morgan fingerprint density at radius 3 is 2.56 bits per heavy atom. The number of rotatable bonds is 5. The summed E-state index contributed by atoms with van der Waals surface area (Å²) < 4.78 is 66.4. The van der Waals surface area contributed by atoms with Gasteiger partial charge in [-0.15, -0.1) is 5.10 Å². The highest BCUT2D eigenvalue weighted by atomic mass is 19.2. The molecule has 0 spiro atoms. The minimum atomic E-state index is -1.32. The Balaban J connectivity index is 1.39. The van der Waals surface area contributed by atoms with E-state index in [-0.39, 0.29) is 40.8 Å². The fourth-order valence-electron chi connectivity index (χ4n) is 3.68. The average Bonchev–Trinajstić information content (AvgIpc) is 3.42. The number of benzene rings is 2. The van der Waals surface area contributed by atoms with Crippen molar-refractivity contribution in [2.45, 2.75) is 38.2 Å². The van der Waals surface area contributed by atoms with Crippen molar-refractivity contribution >= 4 is 22.7 Å². The smallest absolute Gasteiger partial charge is 0.320 e. The third-order valence-electron chi connectivity index (χ3n) is 5.28. The Kier molecular flexibility index (Phi) is 5.16. The Labute approximate surface area is 178 Å². The van der Waals surface area contributed by atoms with E-state index >= 15 is 0 Å². The molecule has 166 valence electrons. The van der Waals surface area contributed by atoms with Crippen LogP contribution in [0.25, 0.3) is 22.7 Å². The molecule has 5 rings (SSSR count). The molecule has 32 heavy (non-hydrogen) atoms. The number of anilines is 2. The predicted molar refractivity (Wildman–Crippen MR) is 106 cm³/mol. The molecule has 0 amide bonds. The van der Waals surface area contributed by atoms with Crippen LogP contribution in [0.5, 0.6) is 5.75 Å². The minimum Gasteiger partial charge on any atom is -0.487 e. The first-order valence-electron chi connectivity index (χ1n) is 10.1. The topological polar surface area (TPSA) is 88.9 Å². The molecule has 11 heteroatoms. The van der Waals surface area contributed by atoms with E-state index in [2.05, 4.69) is 25.5 Å². The van der Waals surface area contributed by atoms with Crippen molar-refractivity contribution in [2.24, 2.45) is 0 Å². The van der Waals surface area contributed by atoms with Crippen LogP contribution in [-0.4, -0.2) is 26.3 Å². The van der Waals surface area contributed by atoms with Gasteiger partial charge in [0.25, 0.3) is 5.89 Å². The normalized spacial score (nSPS) is 14.8. The SMILES string of the molecule is Fc1cc(F)c(Nc2nnc(-c3nc4c(F)c(OC5CCCCC5)ccc4[nH]3)o2)cc1F. The van der Waals surface area contributed by atoms with Gasteiger partial charge < -0.3 is 19.5 Å². The van der Waals surface area contributed by atoms with Crippen molar-refractivity contribution < 1.29 is 26.7 Å². The van der Waals surface area contributed by atoms with Crippen LogP contribution >= 0.6 is 0 Å². The van der Waals surface area contributed by atoms with Gasteiger partial charge in [-0.1, -0.05) is 11.5 Å². The second kappa shape index (κ2) is 8.13. The fraction of sp³-hybridized carbons (Fsp3) is 0.286. The molecule has 0 aliphatic heterocycles. The maximum atomic E-state index is 15.0. The largest absolute Gasteiger partial charge is 0.487 e. The number of aromatic amines is 1. The first-order valence-corrected chi connectivity index (χ1v) is 10.1. The molecule has 2 heterocycles. The summed E-state index contributed by atoms with van der Waals surface area (Å²) in [5.74, 6) is -4.11. The van der Waals surface area contributed by atoms with Gasteiger partial charge in [0.15, 0.2) is 29.0 Å². The molecule has 1 saturated carbocycles. The van der Waals surface area contributed by atoms with E-state index in [0.29, 0.717) is 17.6 Å². The molecule has 2 N–H and O–H groups in total. The van der Waals surface area contributed by atoms with E-state index in [1.165, 1.54) is 0 Å². The van der Waals surface area contributed by atoms with Crippen LogP contribution in [0.2, 0.25) is 0 Å². The highest BCUT2D eigenvalue weighted by molar-refractivity contribution is 5.80. The number of H-pyrrole nitrogens is 1. The quantitative estimate of drug-likeness (QED) is 0.305. The molecule has 2 aromatic carbocycles. The number of hydrogen-bond acceptors (Lipinski definition) is 6. The summed E-state index contributed by atoms with van der Waals surface area (Å²) in [5.41, 5.74) is 0.0553. The number of aromatic nitrogens is 4. The molecule has 1 fully saturated rings. The lowest BCUT2D eigenvalue weighted by molar-refractivity contribution is 0.149. The zero-order valence-corrected chi connectivity index (χ0v) is 16.6. The van der Waals surface area contributed by atoms with Crippen molar-refractivity contribution in [1.82, 2.24) is 20.2 Å². The molecular formula is C21H17F4N5O2. The Morgan fingerprint density at radius 1 is 0.969 bits per heavy atom. The molecule has 7 nitrogen and oxygen atoms in total. The number of nitrogens with one attached hydrogen (secondary N) is 2. The fourth-order valence-corrected chi connectivity index (χ4v) is 3.68. The number of nitrogens with zero attached hydrogens (tertiary/aromatic N) is 3. The van der Waals surface area contributed by atoms with Crippen molar-refractivity contribution in [3.63, 3.8) is 0 Å².